The van der Waals surface area contributed by atoms with E-state index in [1.807, 2.05) is 6.92 Å². The molecule has 0 saturated carbocycles. The molecule has 0 aliphatic heterocycles. The molecular formula is C10H21NO2. The lowest BCUT2D eigenvalue weighted by Gasteiger charge is -2.13. The van der Waals surface area contributed by atoms with Gasteiger partial charge in [0, 0.05) is 0 Å². The Morgan fingerprint density at radius 1 is 1.46 bits per heavy atom. The topological polar surface area (TPSA) is 52.3 Å². The third kappa shape index (κ3) is 5.64. The van der Waals surface area contributed by atoms with E-state index >= 15 is 0 Å². The molecule has 2 unspecified atom stereocenters. The van der Waals surface area contributed by atoms with E-state index in [9.17, 15) is 4.79 Å². The van der Waals surface area contributed by atoms with Crippen LogP contribution in [0.3, 0.4) is 0 Å². The third-order valence-corrected chi connectivity index (χ3v) is 2.03. The molecule has 0 aromatic rings. The maximum absolute atomic E-state index is 11.1. The first kappa shape index (κ1) is 12.4. The van der Waals surface area contributed by atoms with Crippen molar-refractivity contribution in [1.29, 1.82) is 0 Å². The summed E-state index contributed by atoms with van der Waals surface area (Å²) in [6.07, 6.45) is 2.86. The number of hydrogen-bond donors (Lipinski definition) is 1. The van der Waals surface area contributed by atoms with Crippen molar-refractivity contribution in [2.24, 2.45) is 11.7 Å². The molecule has 78 valence electrons. The van der Waals surface area contributed by atoms with Crippen molar-refractivity contribution in [3.63, 3.8) is 0 Å². The van der Waals surface area contributed by atoms with Crippen LogP contribution in [0.25, 0.3) is 0 Å². The van der Waals surface area contributed by atoms with Gasteiger partial charge in [-0.05, 0) is 18.8 Å². The first-order valence-electron chi connectivity index (χ1n) is 5.04. The molecule has 0 aromatic heterocycles. The van der Waals surface area contributed by atoms with Crippen molar-refractivity contribution in [2.75, 3.05) is 6.61 Å². The highest BCUT2D eigenvalue weighted by molar-refractivity contribution is 5.75. The van der Waals surface area contributed by atoms with E-state index < -0.39 is 6.04 Å². The molecular weight excluding hydrogens is 166 g/mol. The van der Waals surface area contributed by atoms with Gasteiger partial charge in [0.05, 0.1) is 6.61 Å². The first-order valence-corrected chi connectivity index (χ1v) is 5.04. The summed E-state index contributed by atoms with van der Waals surface area (Å²) in [6.45, 7) is 6.58. The Labute approximate surface area is 80.6 Å². The SMILES string of the molecule is CCCC(C)COC(=O)C(N)CC. The third-order valence-electron chi connectivity index (χ3n) is 2.03. The minimum Gasteiger partial charge on any atom is -0.464 e. The zero-order valence-corrected chi connectivity index (χ0v) is 8.88. The molecule has 0 amide bonds. The van der Waals surface area contributed by atoms with Crippen LogP contribution >= 0.6 is 0 Å². The Kier molecular flexibility index (Phi) is 6.59. The van der Waals surface area contributed by atoms with Crippen molar-refractivity contribution in [1.82, 2.24) is 0 Å². The van der Waals surface area contributed by atoms with Gasteiger partial charge in [-0.3, -0.25) is 4.79 Å². The monoisotopic (exact) mass is 187 g/mol. The molecule has 0 aliphatic rings. The molecule has 0 bridgehead atoms. The van der Waals surface area contributed by atoms with Crippen LogP contribution in [0.4, 0.5) is 0 Å². The molecule has 0 rings (SSSR count). The van der Waals surface area contributed by atoms with Gasteiger partial charge < -0.3 is 10.5 Å². The van der Waals surface area contributed by atoms with Crippen molar-refractivity contribution < 1.29 is 9.53 Å². The van der Waals surface area contributed by atoms with Crippen molar-refractivity contribution in [3.05, 3.63) is 0 Å². The van der Waals surface area contributed by atoms with Gasteiger partial charge in [-0.15, -0.1) is 0 Å². The summed E-state index contributed by atoms with van der Waals surface area (Å²) in [4.78, 5) is 11.1. The second-order valence-electron chi connectivity index (χ2n) is 3.54. The Bertz CT molecular complexity index is 148. The Morgan fingerprint density at radius 2 is 2.08 bits per heavy atom. The zero-order valence-electron chi connectivity index (χ0n) is 8.88. The van der Waals surface area contributed by atoms with Gasteiger partial charge in [0.2, 0.25) is 0 Å². The normalized spacial score (nSPS) is 15.1. The summed E-state index contributed by atoms with van der Waals surface area (Å²) < 4.78 is 5.05. The second kappa shape index (κ2) is 6.89. The van der Waals surface area contributed by atoms with E-state index in [-0.39, 0.29) is 5.97 Å². The number of nitrogens with two attached hydrogens (primary N) is 1. The highest BCUT2D eigenvalue weighted by Gasteiger charge is 2.13. The van der Waals surface area contributed by atoms with Crippen LogP contribution in [-0.2, 0) is 9.53 Å². The fraction of sp³-hybridized carbons (Fsp3) is 0.900. The van der Waals surface area contributed by atoms with Gasteiger partial charge in [-0.25, -0.2) is 0 Å². The number of carbonyl (C=O) groups is 1. The van der Waals surface area contributed by atoms with Crippen LogP contribution in [0, 0.1) is 5.92 Å². The van der Waals surface area contributed by atoms with Crippen LogP contribution in [0.2, 0.25) is 0 Å². The minimum atomic E-state index is -0.450. The van der Waals surface area contributed by atoms with Gasteiger partial charge in [-0.1, -0.05) is 27.2 Å². The molecule has 0 saturated heterocycles. The van der Waals surface area contributed by atoms with Gasteiger partial charge in [0.15, 0.2) is 0 Å². The largest absolute Gasteiger partial charge is 0.464 e. The van der Waals surface area contributed by atoms with Crippen LogP contribution in [0.15, 0.2) is 0 Å². The molecule has 0 heterocycles. The molecule has 0 aliphatic carbocycles. The van der Waals surface area contributed by atoms with E-state index in [0.29, 0.717) is 18.9 Å². The lowest BCUT2D eigenvalue weighted by molar-refractivity contribution is -0.146. The summed E-state index contributed by atoms with van der Waals surface area (Å²) >= 11 is 0. The molecule has 0 aromatic carbocycles. The van der Waals surface area contributed by atoms with Crippen LogP contribution in [0.5, 0.6) is 0 Å². The predicted octanol–water partition coefficient (Wildman–Crippen LogP) is 1.70. The van der Waals surface area contributed by atoms with E-state index in [1.165, 1.54) is 0 Å². The lowest BCUT2D eigenvalue weighted by Crippen LogP contribution is -2.32. The predicted molar refractivity (Wildman–Crippen MR) is 53.3 cm³/mol. The maximum Gasteiger partial charge on any atom is 0.322 e. The minimum absolute atomic E-state index is 0.273. The van der Waals surface area contributed by atoms with Crippen LogP contribution < -0.4 is 5.73 Å². The van der Waals surface area contributed by atoms with E-state index in [2.05, 4.69) is 13.8 Å². The second-order valence-corrected chi connectivity index (χ2v) is 3.54. The van der Waals surface area contributed by atoms with Gasteiger partial charge in [0.1, 0.15) is 6.04 Å². The average molecular weight is 187 g/mol. The lowest BCUT2D eigenvalue weighted by atomic mass is 10.1. The molecule has 2 N–H and O–H groups in total. The molecule has 0 spiro atoms. The fourth-order valence-electron chi connectivity index (χ4n) is 1.07. The standard InChI is InChI=1S/C10H21NO2/c1-4-6-8(3)7-13-10(12)9(11)5-2/h8-9H,4-7,11H2,1-3H3. The Balaban J connectivity index is 3.57. The smallest absolute Gasteiger partial charge is 0.322 e. The summed E-state index contributed by atoms with van der Waals surface area (Å²) in [5.74, 6) is 0.170. The molecule has 2 atom stereocenters. The molecule has 0 radical (unpaired) electrons. The maximum atomic E-state index is 11.1. The van der Waals surface area contributed by atoms with Crippen LogP contribution in [0.1, 0.15) is 40.0 Å². The molecule has 13 heavy (non-hydrogen) atoms. The number of ether oxygens (including phenoxy) is 1. The van der Waals surface area contributed by atoms with Crippen molar-refractivity contribution >= 4 is 5.97 Å². The number of rotatable bonds is 6. The van der Waals surface area contributed by atoms with Gasteiger partial charge in [0.25, 0.3) is 0 Å². The van der Waals surface area contributed by atoms with Gasteiger partial charge in [-0.2, -0.15) is 0 Å². The number of carbonyl (C=O) groups excluding carboxylic acids is 1. The van der Waals surface area contributed by atoms with E-state index in [4.69, 9.17) is 10.5 Å². The molecule has 0 fully saturated rings. The van der Waals surface area contributed by atoms with Crippen LogP contribution in [-0.4, -0.2) is 18.6 Å². The summed E-state index contributed by atoms with van der Waals surface area (Å²) in [7, 11) is 0. The molecule has 3 heteroatoms. The van der Waals surface area contributed by atoms with Gasteiger partial charge >= 0.3 is 5.97 Å². The highest BCUT2D eigenvalue weighted by Crippen LogP contribution is 2.05. The summed E-state index contributed by atoms with van der Waals surface area (Å²) in [5.41, 5.74) is 5.50. The van der Waals surface area contributed by atoms with Crippen molar-refractivity contribution in [2.45, 2.75) is 46.1 Å². The zero-order chi connectivity index (χ0) is 10.3. The van der Waals surface area contributed by atoms with E-state index in [0.717, 1.165) is 12.8 Å². The number of hydrogen-bond acceptors (Lipinski definition) is 3. The van der Waals surface area contributed by atoms with E-state index in [1.54, 1.807) is 0 Å². The Hall–Kier alpha value is -0.570. The fourth-order valence-corrected chi connectivity index (χ4v) is 1.07. The quantitative estimate of drug-likeness (QED) is 0.644. The van der Waals surface area contributed by atoms with Crippen molar-refractivity contribution in [3.8, 4) is 0 Å². The summed E-state index contributed by atoms with van der Waals surface area (Å²) in [5, 5.41) is 0. The number of esters is 1. The average Bonchev–Trinajstić information content (AvgIpc) is 2.13. The summed E-state index contributed by atoms with van der Waals surface area (Å²) in [6, 6.07) is -0.450. The molecule has 3 nitrogen and oxygen atoms in total. The first-order chi connectivity index (χ1) is 6.11. The highest BCUT2D eigenvalue weighted by atomic mass is 16.5. The Morgan fingerprint density at radius 3 is 2.54 bits per heavy atom.